The first-order valence-corrected chi connectivity index (χ1v) is 9.66. The molecular formula is C24H16N2S. The van der Waals surface area contributed by atoms with Gasteiger partial charge in [0.2, 0.25) is 0 Å². The van der Waals surface area contributed by atoms with Crippen LogP contribution in [-0.2, 0) is 0 Å². The van der Waals surface area contributed by atoms with Crippen molar-refractivity contribution in [2.45, 2.75) is 0 Å². The van der Waals surface area contributed by atoms with Gasteiger partial charge in [-0.3, -0.25) is 0 Å². The number of thiophene rings is 1. The summed E-state index contributed by atoms with van der Waals surface area (Å²) in [5, 5.41) is 0. The van der Waals surface area contributed by atoms with Gasteiger partial charge in [0.15, 0.2) is 0 Å². The van der Waals surface area contributed by atoms with E-state index >= 15 is 0 Å². The zero-order valence-electron chi connectivity index (χ0n) is 14.5. The molecule has 0 fully saturated rings. The molecule has 0 unspecified atom stereocenters. The van der Waals surface area contributed by atoms with E-state index in [9.17, 15) is 0 Å². The summed E-state index contributed by atoms with van der Waals surface area (Å²) in [5.41, 5.74) is 6.72. The van der Waals surface area contributed by atoms with Crippen LogP contribution in [-0.4, -0.2) is 9.97 Å². The van der Waals surface area contributed by atoms with Gasteiger partial charge in [0.05, 0.1) is 15.9 Å². The molecule has 0 aliphatic rings. The van der Waals surface area contributed by atoms with Gasteiger partial charge in [0, 0.05) is 10.4 Å². The number of hydrogen-bond acceptors (Lipinski definition) is 3. The molecule has 27 heavy (non-hydrogen) atoms. The van der Waals surface area contributed by atoms with E-state index in [1.165, 1.54) is 21.6 Å². The second kappa shape index (κ2) is 6.78. The Hall–Kier alpha value is -3.30. The molecule has 0 N–H and O–H groups in total. The average Bonchev–Trinajstić information content (AvgIpc) is 3.20. The standard InChI is InChI=1S/C24H16N2S/c1-3-8-17(9-4-1)19-12-7-13-20(14-19)23-24-21(25-16-26-23)15-22(27-24)18-10-5-2-6-11-18/h1-16H. The minimum absolute atomic E-state index is 0.991. The Kier molecular flexibility index (Phi) is 4.00. The summed E-state index contributed by atoms with van der Waals surface area (Å²) < 4.78 is 1.13. The van der Waals surface area contributed by atoms with Gasteiger partial charge in [-0.25, -0.2) is 9.97 Å². The van der Waals surface area contributed by atoms with Crippen LogP contribution < -0.4 is 0 Å². The summed E-state index contributed by atoms with van der Waals surface area (Å²) in [6.45, 7) is 0. The Bertz CT molecular complexity index is 1210. The van der Waals surface area contributed by atoms with Gasteiger partial charge in [-0.15, -0.1) is 11.3 Å². The molecule has 3 heteroatoms. The molecular weight excluding hydrogens is 348 g/mol. The van der Waals surface area contributed by atoms with Gasteiger partial charge in [0.25, 0.3) is 0 Å². The van der Waals surface area contributed by atoms with Gasteiger partial charge in [-0.1, -0.05) is 78.9 Å². The molecule has 0 aliphatic carbocycles. The average molecular weight is 364 g/mol. The molecule has 0 aliphatic heterocycles. The zero-order valence-corrected chi connectivity index (χ0v) is 15.4. The highest BCUT2D eigenvalue weighted by Gasteiger charge is 2.12. The minimum Gasteiger partial charge on any atom is -0.235 e. The lowest BCUT2D eigenvalue weighted by molar-refractivity contribution is 1.23. The largest absolute Gasteiger partial charge is 0.235 e. The summed E-state index contributed by atoms with van der Waals surface area (Å²) in [4.78, 5) is 10.3. The molecule has 2 nitrogen and oxygen atoms in total. The molecule has 0 saturated carbocycles. The van der Waals surface area contributed by atoms with Crippen molar-refractivity contribution in [3.05, 3.63) is 97.3 Å². The summed E-state index contributed by atoms with van der Waals surface area (Å²) in [6, 6.07) is 31.6. The van der Waals surface area contributed by atoms with Crippen LogP contribution in [0.4, 0.5) is 0 Å². The molecule has 0 amide bonds. The van der Waals surface area contributed by atoms with Crippen LogP contribution in [0.5, 0.6) is 0 Å². The number of hydrogen-bond donors (Lipinski definition) is 0. The van der Waals surface area contributed by atoms with E-state index in [2.05, 4.69) is 88.8 Å². The van der Waals surface area contributed by atoms with E-state index < -0.39 is 0 Å². The summed E-state index contributed by atoms with van der Waals surface area (Å²) >= 11 is 1.75. The SMILES string of the molecule is c1ccc(-c2cccc(-c3ncnc4cc(-c5ccccc5)sc34)c2)cc1. The number of rotatable bonds is 3. The highest BCUT2D eigenvalue weighted by Crippen LogP contribution is 2.37. The van der Waals surface area contributed by atoms with E-state index in [0.29, 0.717) is 0 Å². The number of aromatic nitrogens is 2. The molecule has 0 bridgehead atoms. The smallest absolute Gasteiger partial charge is 0.116 e. The highest BCUT2D eigenvalue weighted by atomic mass is 32.1. The van der Waals surface area contributed by atoms with E-state index in [1.807, 2.05) is 12.1 Å². The predicted octanol–water partition coefficient (Wildman–Crippen LogP) is 6.69. The molecule has 3 aromatic carbocycles. The quantitative estimate of drug-likeness (QED) is 0.356. The molecule has 5 rings (SSSR count). The first-order valence-electron chi connectivity index (χ1n) is 8.84. The van der Waals surface area contributed by atoms with Crippen molar-refractivity contribution in [2.24, 2.45) is 0 Å². The van der Waals surface area contributed by atoms with Crippen LogP contribution >= 0.6 is 11.3 Å². The predicted molar refractivity (Wildman–Crippen MR) is 114 cm³/mol. The fourth-order valence-electron chi connectivity index (χ4n) is 3.28. The van der Waals surface area contributed by atoms with Crippen molar-refractivity contribution in [3.8, 4) is 32.8 Å². The summed E-state index contributed by atoms with van der Waals surface area (Å²) in [6.07, 6.45) is 1.66. The molecule has 0 saturated heterocycles. The third kappa shape index (κ3) is 3.03. The number of nitrogens with zero attached hydrogens (tertiary/aromatic N) is 2. The molecule has 2 heterocycles. The van der Waals surface area contributed by atoms with Crippen LogP contribution in [0.2, 0.25) is 0 Å². The topological polar surface area (TPSA) is 25.8 Å². The first-order chi connectivity index (χ1) is 13.4. The van der Waals surface area contributed by atoms with Gasteiger partial charge in [0.1, 0.15) is 6.33 Å². The molecule has 5 aromatic rings. The van der Waals surface area contributed by atoms with Gasteiger partial charge >= 0.3 is 0 Å². The fourth-order valence-corrected chi connectivity index (χ4v) is 4.41. The molecule has 0 radical (unpaired) electrons. The Morgan fingerprint density at radius 3 is 2.00 bits per heavy atom. The summed E-state index contributed by atoms with van der Waals surface area (Å²) in [5.74, 6) is 0. The van der Waals surface area contributed by atoms with E-state index in [4.69, 9.17) is 0 Å². The second-order valence-corrected chi connectivity index (χ2v) is 7.41. The molecule has 2 aromatic heterocycles. The normalized spacial score (nSPS) is 11.0. The monoisotopic (exact) mass is 364 g/mol. The number of benzene rings is 3. The van der Waals surface area contributed by atoms with Crippen molar-refractivity contribution in [3.63, 3.8) is 0 Å². The van der Waals surface area contributed by atoms with Crippen LogP contribution in [0.15, 0.2) is 97.3 Å². The number of fused-ring (bicyclic) bond motifs is 1. The van der Waals surface area contributed by atoms with Crippen molar-refractivity contribution in [2.75, 3.05) is 0 Å². The van der Waals surface area contributed by atoms with E-state index in [-0.39, 0.29) is 0 Å². The molecule has 0 atom stereocenters. The second-order valence-electron chi connectivity index (χ2n) is 6.36. The first kappa shape index (κ1) is 15.9. The van der Waals surface area contributed by atoms with Crippen molar-refractivity contribution >= 4 is 21.6 Å². The minimum atomic E-state index is 0.991. The summed E-state index contributed by atoms with van der Waals surface area (Å²) in [7, 11) is 0. The third-order valence-corrected chi connectivity index (χ3v) is 5.79. The van der Waals surface area contributed by atoms with Gasteiger partial charge < -0.3 is 0 Å². The maximum absolute atomic E-state index is 4.62. The maximum Gasteiger partial charge on any atom is 0.116 e. The van der Waals surface area contributed by atoms with Crippen molar-refractivity contribution in [1.29, 1.82) is 0 Å². The van der Waals surface area contributed by atoms with E-state index in [1.54, 1.807) is 17.7 Å². The van der Waals surface area contributed by atoms with Crippen LogP contribution in [0.25, 0.3) is 43.0 Å². The fraction of sp³-hybridized carbons (Fsp3) is 0. The molecule has 0 spiro atoms. The lowest BCUT2D eigenvalue weighted by Gasteiger charge is -2.06. The Morgan fingerprint density at radius 2 is 1.22 bits per heavy atom. The Balaban J connectivity index is 1.65. The van der Waals surface area contributed by atoms with Crippen molar-refractivity contribution < 1.29 is 0 Å². The molecule has 128 valence electrons. The lowest BCUT2D eigenvalue weighted by atomic mass is 10.0. The van der Waals surface area contributed by atoms with Crippen molar-refractivity contribution in [1.82, 2.24) is 9.97 Å². The maximum atomic E-state index is 4.62. The van der Waals surface area contributed by atoms with Gasteiger partial charge in [-0.05, 0) is 28.8 Å². The highest BCUT2D eigenvalue weighted by molar-refractivity contribution is 7.22. The Morgan fingerprint density at radius 1 is 0.556 bits per heavy atom. The lowest BCUT2D eigenvalue weighted by Crippen LogP contribution is -1.86. The van der Waals surface area contributed by atoms with Gasteiger partial charge in [-0.2, -0.15) is 0 Å². The third-order valence-electron chi connectivity index (χ3n) is 4.61. The zero-order chi connectivity index (χ0) is 18.1. The van der Waals surface area contributed by atoms with Crippen LogP contribution in [0, 0.1) is 0 Å². The van der Waals surface area contributed by atoms with E-state index in [0.717, 1.165) is 21.5 Å². The van der Waals surface area contributed by atoms with Crippen LogP contribution in [0.1, 0.15) is 0 Å². The van der Waals surface area contributed by atoms with Crippen LogP contribution in [0.3, 0.4) is 0 Å². The Labute approximate surface area is 161 Å².